The largest absolute Gasteiger partial charge is 0.496 e. The molecule has 7 heteroatoms. The van der Waals surface area contributed by atoms with Crippen LogP contribution in [0.3, 0.4) is 0 Å². The number of methoxy groups -OCH3 is 1. The van der Waals surface area contributed by atoms with E-state index in [0.29, 0.717) is 16.3 Å². The number of amides is 1. The first-order chi connectivity index (χ1) is 13.1. The number of para-hydroxylation sites is 1. The molecule has 0 aliphatic rings. The van der Waals surface area contributed by atoms with E-state index in [9.17, 15) is 14.7 Å². The number of nitrogens with one attached hydrogen (secondary N) is 1. The molecule has 0 aliphatic carbocycles. The molecule has 0 aromatic heterocycles. The van der Waals surface area contributed by atoms with Gasteiger partial charge in [0.15, 0.2) is 5.78 Å². The Balaban J connectivity index is 2.35. The summed E-state index contributed by atoms with van der Waals surface area (Å²) in [6.45, 7) is 5.17. The van der Waals surface area contributed by atoms with Crippen molar-refractivity contribution in [2.45, 2.75) is 38.5 Å². The molecule has 0 radical (unpaired) electrons. The van der Waals surface area contributed by atoms with Gasteiger partial charge in [0.1, 0.15) is 17.5 Å². The smallest absolute Gasteiger partial charge is 0.408 e. The SMILES string of the molecule is COc1ccccc1C(=O)[C@H](O)[C@@H](NC(=O)OC(C)(C)C)c1ccc(Cl)cc1. The highest BCUT2D eigenvalue weighted by Gasteiger charge is 2.32. The van der Waals surface area contributed by atoms with E-state index >= 15 is 0 Å². The van der Waals surface area contributed by atoms with Crippen molar-refractivity contribution in [1.29, 1.82) is 0 Å². The molecule has 0 saturated heterocycles. The number of alkyl carbamates (subject to hydrolysis) is 1. The predicted octanol–water partition coefficient (Wildman–Crippen LogP) is 4.16. The Kier molecular flexibility index (Phi) is 7.05. The van der Waals surface area contributed by atoms with Crippen molar-refractivity contribution < 1.29 is 24.2 Å². The highest BCUT2D eigenvalue weighted by molar-refractivity contribution is 6.30. The summed E-state index contributed by atoms with van der Waals surface area (Å²) in [5.41, 5.74) is -0.0138. The van der Waals surface area contributed by atoms with Crippen molar-refractivity contribution in [2.75, 3.05) is 7.11 Å². The second-order valence-electron chi connectivity index (χ2n) is 7.18. The number of benzene rings is 2. The number of carbonyl (C=O) groups is 2. The summed E-state index contributed by atoms with van der Waals surface area (Å²) in [6.07, 6.45) is -2.32. The highest BCUT2D eigenvalue weighted by Crippen LogP contribution is 2.26. The zero-order chi connectivity index (χ0) is 20.9. The van der Waals surface area contributed by atoms with Gasteiger partial charge < -0.3 is 19.9 Å². The number of hydrogen-bond acceptors (Lipinski definition) is 5. The maximum Gasteiger partial charge on any atom is 0.408 e. The summed E-state index contributed by atoms with van der Waals surface area (Å²) in [5, 5.41) is 13.9. The second-order valence-corrected chi connectivity index (χ2v) is 7.62. The average Bonchev–Trinajstić information content (AvgIpc) is 2.64. The quantitative estimate of drug-likeness (QED) is 0.705. The zero-order valence-corrected chi connectivity index (χ0v) is 17.0. The fourth-order valence-electron chi connectivity index (χ4n) is 2.61. The Morgan fingerprint density at radius 1 is 1.07 bits per heavy atom. The topological polar surface area (TPSA) is 84.9 Å². The molecule has 0 aliphatic heterocycles. The van der Waals surface area contributed by atoms with Crippen LogP contribution in [0.2, 0.25) is 5.02 Å². The van der Waals surface area contributed by atoms with E-state index in [1.54, 1.807) is 69.3 Å². The molecule has 2 N–H and O–H groups in total. The number of rotatable bonds is 6. The first-order valence-electron chi connectivity index (χ1n) is 8.72. The van der Waals surface area contributed by atoms with Crippen LogP contribution in [-0.2, 0) is 4.74 Å². The monoisotopic (exact) mass is 405 g/mol. The van der Waals surface area contributed by atoms with Gasteiger partial charge in [-0.2, -0.15) is 0 Å². The van der Waals surface area contributed by atoms with Crippen LogP contribution in [0.1, 0.15) is 42.7 Å². The van der Waals surface area contributed by atoms with Gasteiger partial charge in [-0.25, -0.2) is 4.79 Å². The van der Waals surface area contributed by atoms with Gasteiger partial charge in [-0.05, 0) is 50.6 Å². The molecule has 2 rings (SSSR count). The Morgan fingerprint density at radius 3 is 2.25 bits per heavy atom. The van der Waals surface area contributed by atoms with Gasteiger partial charge in [0.25, 0.3) is 0 Å². The molecule has 2 aromatic carbocycles. The summed E-state index contributed by atoms with van der Waals surface area (Å²) < 4.78 is 10.5. The van der Waals surface area contributed by atoms with E-state index in [1.807, 2.05) is 0 Å². The lowest BCUT2D eigenvalue weighted by Crippen LogP contribution is -2.42. The van der Waals surface area contributed by atoms with Crippen LogP contribution < -0.4 is 10.1 Å². The number of carbonyl (C=O) groups excluding carboxylic acids is 2. The van der Waals surface area contributed by atoms with Crippen molar-refractivity contribution in [3.8, 4) is 5.75 Å². The molecule has 0 saturated carbocycles. The number of Topliss-reactive ketones (excluding diaryl/α,β-unsaturated/α-hetero) is 1. The molecule has 2 aromatic rings. The summed E-state index contributed by atoms with van der Waals surface area (Å²) in [5.74, 6) is -0.257. The van der Waals surface area contributed by atoms with Crippen LogP contribution in [0.5, 0.6) is 5.75 Å². The lowest BCUT2D eigenvalue weighted by atomic mass is 9.94. The molecule has 1 amide bonds. The highest BCUT2D eigenvalue weighted by atomic mass is 35.5. The molecule has 150 valence electrons. The fraction of sp³-hybridized carbons (Fsp3) is 0.333. The minimum atomic E-state index is -1.56. The van der Waals surface area contributed by atoms with Crippen molar-refractivity contribution >= 4 is 23.5 Å². The molecule has 6 nitrogen and oxygen atoms in total. The van der Waals surface area contributed by atoms with Gasteiger partial charge >= 0.3 is 6.09 Å². The van der Waals surface area contributed by atoms with Gasteiger partial charge in [-0.3, -0.25) is 4.79 Å². The third-order valence-electron chi connectivity index (χ3n) is 3.86. The van der Waals surface area contributed by atoms with Crippen LogP contribution >= 0.6 is 11.6 Å². The van der Waals surface area contributed by atoms with Crippen molar-refractivity contribution in [2.24, 2.45) is 0 Å². The number of ether oxygens (including phenoxy) is 2. The lowest BCUT2D eigenvalue weighted by Gasteiger charge is -2.26. The maximum absolute atomic E-state index is 12.9. The molecule has 0 bridgehead atoms. The van der Waals surface area contributed by atoms with Crippen LogP contribution in [0, 0.1) is 0 Å². The Labute approximate surface area is 169 Å². The van der Waals surface area contributed by atoms with Crippen molar-refractivity contribution in [1.82, 2.24) is 5.32 Å². The van der Waals surface area contributed by atoms with Crippen molar-refractivity contribution in [3.05, 3.63) is 64.7 Å². The Bertz CT molecular complexity index is 829. The normalized spacial score (nSPS) is 13.4. The number of aliphatic hydroxyl groups is 1. The first-order valence-corrected chi connectivity index (χ1v) is 9.10. The number of ketones is 1. The van der Waals surface area contributed by atoms with Gasteiger partial charge in [0.2, 0.25) is 0 Å². The van der Waals surface area contributed by atoms with E-state index in [2.05, 4.69) is 5.32 Å². The van der Waals surface area contributed by atoms with E-state index < -0.39 is 29.6 Å². The van der Waals surface area contributed by atoms with Gasteiger partial charge in [-0.1, -0.05) is 35.9 Å². The lowest BCUT2D eigenvalue weighted by molar-refractivity contribution is 0.0407. The second kappa shape index (κ2) is 9.08. The minimum absolute atomic E-state index is 0.211. The molecule has 28 heavy (non-hydrogen) atoms. The first kappa shape index (κ1) is 21.7. The van der Waals surface area contributed by atoms with Gasteiger partial charge in [0.05, 0.1) is 18.7 Å². The summed E-state index contributed by atoms with van der Waals surface area (Å²) in [4.78, 5) is 25.2. The summed E-state index contributed by atoms with van der Waals surface area (Å²) in [6, 6.07) is 12.0. The van der Waals surface area contributed by atoms with Gasteiger partial charge in [-0.15, -0.1) is 0 Å². The molecule has 0 heterocycles. The minimum Gasteiger partial charge on any atom is -0.496 e. The fourth-order valence-corrected chi connectivity index (χ4v) is 2.73. The van der Waals surface area contributed by atoms with Crippen molar-refractivity contribution in [3.63, 3.8) is 0 Å². The summed E-state index contributed by atoms with van der Waals surface area (Å²) >= 11 is 5.93. The van der Waals surface area contributed by atoms with Crippen LogP contribution in [-0.4, -0.2) is 35.8 Å². The van der Waals surface area contributed by atoms with E-state index in [-0.39, 0.29) is 5.56 Å². The standard InChI is InChI=1S/C21H24ClNO5/c1-21(2,3)28-20(26)23-17(13-9-11-14(22)12-10-13)19(25)18(24)15-7-5-6-8-16(15)27-4/h5-12,17,19,25H,1-4H3,(H,23,26)/t17-,19+/m0/s1. The molecule has 2 atom stereocenters. The van der Waals surface area contributed by atoms with Gasteiger partial charge in [0, 0.05) is 5.02 Å². The number of halogens is 1. The Morgan fingerprint density at radius 2 is 1.68 bits per heavy atom. The maximum atomic E-state index is 12.9. The molecule has 0 unspecified atom stereocenters. The molecular weight excluding hydrogens is 382 g/mol. The van der Waals surface area contributed by atoms with Crippen LogP contribution in [0.4, 0.5) is 4.79 Å². The summed E-state index contributed by atoms with van der Waals surface area (Å²) in [7, 11) is 1.44. The van der Waals surface area contributed by atoms with Crippen LogP contribution in [0.25, 0.3) is 0 Å². The number of aliphatic hydroxyl groups excluding tert-OH is 1. The average molecular weight is 406 g/mol. The number of hydrogen-bond donors (Lipinski definition) is 2. The molecule has 0 spiro atoms. The molecule has 0 fully saturated rings. The van der Waals surface area contributed by atoms with E-state index in [0.717, 1.165) is 0 Å². The third kappa shape index (κ3) is 5.71. The third-order valence-corrected chi connectivity index (χ3v) is 4.11. The van der Waals surface area contributed by atoms with Crippen LogP contribution in [0.15, 0.2) is 48.5 Å². The predicted molar refractivity (Wildman–Crippen MR) is 107 cm³/mol. The van der Waals surface area contributed by atoms with E-state index in [4.69, 9.17) is 21.1 Å². The Hall–Kier alpha value is -2.57. The zero-order valence-electron chi connectivity index (χ0n) is 16.2. The molecular formula is C21H24ClNO5. The van der Waals surface area contributed by atoms with E-state index in [1.165, 1.54) is 7.11 Å².